The summed E-state index contributed by atoms with van der Waals surface area (Å²) < 4.78 is 24.1. The van der Waals surface area contributed by atoms with Crippen LogP contribution in [0.25, 0.3) is 0 Å². The van der Waals surface area contributed by atoms with Gasteiger partial charge in [0.05, 0.1) is 6.61 Å². The highest BCUT2D eigenvalue weighted by Gasteiger charge is 2.20. The zero-order valence-electron chi connectivity index (χ0n) is 10.3. The Labute approximate surface area is 111 Å². The standard InChI is InChI=1S/C10H18O8P/c1-3-4-5-10(12)18-9(6-16-8(2)11)7-17-19(13,14)15/h9,11H,1-7H2,(H2,13,14,15)/q-1/p-1/t9-/m1/s1. The summed E-state index contributed by atoms with van der Waals surface area (Å²) in [6, 6.07) is 0. The molecule has 0 unspecified atom stereocenters. The number of carbonyl (C=O) groups is 1. The second-order valence-electron chi connectivity index (χ2n) is 3.54. The number of esters is 1. The normalized spacial score (nSPS) is 12.8. The minimum absolute atomic E-state index is 0.105. The number of hydrogen-bond donors (Lipinski definition) is 2. The van der Waals surface area contributed by atoms with Gasteiger partial charge in [-0.3, -0.25) is 9.32 Å². The molecule has 0 saturated carbocycles. The maximum absolute atomic E-state index is 11.3. The monoisotopic (exact) mass is 296 g/mol. The van der Waals surface area contributed by atoms with Gasteiger partial charge in [-0.2, -0.15) is 6.42 Å². The van der Waals surface area contributed by atoms with Gasteiger partial charge in [0.25, 0.3) is 0 Å². The smallest absolute Gasteiger partial charge is 0.469 e. The minimum Gasteiger partial charge on any atom is -0.610 e. The van der Waals surface area contributed by atoms with E-state index in [1.165, 1.54) is 0 Å². The molecule has 0 spiro atoms. The van der Waals surface area contributed by atoms with E-state index < -0.39 is 39.1 Å². The van der Waals surface area contributed by atoms with E-state index in [1.54, 1.807) is 0 Å². The number of phosphoric acid groups is 1. The van der Waals surface area contributed by atoms with Crippen molar-refractivity contribution in [3.63, 3.8) is 0 Å². The van der Waals surface area contributed by atoms with E-state index in [4.69, 9.17) is 14.5 Å². The first-order valence-corrected chi connectivity index (χ1v) is 6.95. The van der Waals surface area contributed by atoms with E-state index in [0.717, 1.165) is 0 Å². The number of carbonyl (C=O) groups excluding carboxylic acids is 1. The molecule has 0 aromatic carbocycles. The molecular weight excluding hydrogens is 279 g/mol. The molecule has 0 aliphatic heterocycles. The summed E-state index contributed by atoms with van der Waals surface area (Å²) in [6.45, 7) is 5.52. The summed E-state index contributed by atoms with van der Waals surface area (Å²) in [6.07, 6.45) is 0.0663. The maximum atomic E-state index is 11.3. The lowest BCUT2D eigenvalue weighted by Gasteiger charge is -2.23. The number of phosphoric ester groups is 1. The molecule has 0 amide bonds. The van der Waals surface area contributed by atoms with E-state index in [0.29, 0.717) is 12.8 Å². The largest absolute Gasteiger partial charge is 0.610 e. The molecule has 0 fully saturated rings. The minimum atomic E-state index is -4.69. The fourth-order valence-electron chi connectivity index (χ4n) is 0.996. The Morgan fingerprint density at radius 2 is 2.05 bits per heavy atom. The molecule has 0 heterocycles. The lowest BCUT2D eigenvalue weighted by atomic mass is 10.2. The highest BCUT2D eigenvalue weighted by molar-refractivity contribution is 7.46. The summed E-state index contributed by atoms with van der Waals surface area (Å²) >= 11 is 0. The van der Waals surface area contributed by atoms with Crippen LogP contribution >= 0.6 is 7.82 Å². The molecule has 0 saturated heterocycles. The molecule has 0 rings (SSSR count). The van der Waals surface area contributed by atoms with E-state index in [2.05, 4.69) is 22.8 Å². The van der Waals surface area contributed by atoms with Crippen LogP contribution in [0.3, 0.4) is 0 Å². The van der Waals surface area contributed by atoms with Crippen LogP contribution in [0.1, 0.15) is 19.3 Å². The molecule has 0 bridgehead atoms. The Hall–Kier alpha value is -1.08. The first kappa shape index (κ1) is 17.9. The average Bonchev–Trinajstić information content (AvgIpc) is 2.28. The van der Waals surface area contributed by atoms with Crippen LogP contribution < -0.4 is 5.11 Å². The predicted molar refractivity (Wildman–Crippen MR) is 62.2 cm³/mol. The van der Waals surface area contributed by atoms with Crippen LogP contribution in [0.5, 0.6) is 0 Å². The highest BCUT2D eigenvalue weighted by atomic mass is 31.2. The predicted octanol–water partition coefficient (Wildman–Crippen LogP) is -0.140. The van der Waals surface area contributed by atoms with Crippen LogP contribution in [-0.4, -0.2) is 35.1 Å². The van der Waals surface area contributed by atoms with Crippen molar-refractivity contribution in [3.05, 3.63) is 19.4 Å². The summed E-state index contributed by atoms with van der Waals surface area (Å²) in [4.78, 5) is 28.4. The third-order valence-electron chi connectivity index (χ3n) is 1.79. The summed E-state index contributed by atoms with van der Waals surface area (Å²) in [5.41, 5.74) is 0. The SMILES string of the molecule is C=C([O-])OC[C@H](COP(=O)(O)O)OC(=O)CCC[CH2-]. The van der Waals surface area contributed by atoms with Gasteiger partial charge in [-0.15, -0.1) is 0 Å². The summed E-state index contributed by atoms with van der Waals surface area (Å²) in [5, 5.41) is 10.5. The third kappa shape index (κ3) is 11.7. The second kappa shape index (κ2) is 8.92. The van der Waals surface area contributed by atoms with Gasteiger partial charge in [-0.1, -0.05) is 13.0 Å². The van der Waals surface area contributed by atoms with Gasteiger partial charge in [0.1, 0.15) is 6.10 Å². The molecule has 112 valence electrons. The fraction of sp³-hybridized carbons (Fsp3) is 0.600. The van der Waals surface area contributed by atoms with Gasteiger partial charge in [0.2, 0.25) is 0 Å². The fourth-order valence-corrected chi connectivity index (χ4v) is 1.36. The van der Waals surface area contributed by atoms with Crippen molar-refractivity contribution in [2.75, 3.05) is 13.2 Å². The molecule has 2 N–H and O–H groups in total. The molecule has 0 aliphatic rings. The first-order valence-electron chi connectivity index (χ1n) is 5.42. The van der Waals surface area contributed by atoms with Crippen molar-refractivity contribution in [1.29, 1.82) is 0 Å². The average molecular weight is 296 g/mol. The molecule has 19 heavy (non-hydrogen) atoms. The van der Waals surface area contributed by atoms with E-state index >= 15 is 0 Å². The number of hydrogen-bond acceptors (Lipinski definition) is 6. The molecule has 0 aliphatic carbocycles. The van der Waals surface area contributed by atoms with Gasteiger partial charge in [0, 0.05) is 19.0 Å². The quantitative estimate of drug-likeness (QED) is 0.247. The van der Waals surface area contributed by atoms with Crippen LogP contribution in [0.15, 0.2) is 12.5 Å². The van der Waals surface area contributed by atoms with Crippen molar-refractivity contribution in [2.45, 2.75) is 25.4 Å². The number of rotatable bonds is 10. The van der Waals surface area contributed by atoms with E-state index in [-0.39, 0.29) is 6.42 Å². The lowest BCUT2D eigenvalue weighted by Crippen LogP contribution is -2.29. The van der Waals surface area contributed by atoms with Crippen LogP contribution in [-0.2, 0) is 23.4 Å². The Morgan fingerprint density at radius 3 is 2.53 bits per heavy atom. The highest BCUT2D eigenvalue weighted by Crippen LogP contribution is 2.35. The molecule has 1 atom stereocenters. The third-order valence-corrected chi connectivity index (χ3v) is 2.27. The topological polar surface area (TPSA) is 125 Å². The van der Waals surface area contributed by atoms with E-state index in [9.17, 15) is 14.5 Å². The zero-order valence-corrected chi connectivity index (χ0v) is 11.2. The molecule has 0 aromatic rings. The van der Waals surface area contributed by atoms with Crippen molar-refractivity contribution < 1.29 is 38.3 Å². The Morgan fingerprint density at radius 1 is 1.42 bits per heavy atom. The Balaban J connectivity index is 4.27. The molecular formula is C10H17O8P-2. The summed E-state index contributed by atoms with van der Waals surface area (Å²) in [7, 11) is -4.69. The summed E-state index contributed by atoms with van der Waals surface area (Å²) in [5.74, 6) is -1.45. The van der Waals surface area contributed by atoms with Crippen molar-refractivity contribution in [3.8, 4) is 0 Å². The van der Waals surface area contributed by atoms with Crippen molar-refractivity contribution in [2.24, 2.45) is 0 Å². The lowest BCUT2D eigenvalue weighted by molar-refractivity contribution is -0.358. The maximum Gasteiger partial charge on any atom is 0.469 e. The van der Waals surface area contributed by atoms with Crippen molar-refractivity contribution in [1.82, 2.24) is 0 Å². The zero-order chi connectivity index (χ0) is 14.9. The van der Waals surface area contributed by atoms with Crippen LogP contribution in [0.2, 0.25) is 0 Å². The van der Waals surface area contributed by atoms with Gasteiger partial charge >= 0.3 is 13.8 Å². The Bertz CT molecular complexity index is 336. The first-order chi connectivity index (χ1) is 8.74. The van der Waals surface area contributed by atoms with Crippen LogP contribution in [0, 0.1) is 6.92 Å². The molecule has 0 aromatic heterocycles. The van der Waals surface area contributed by atoms with Gasteiger partial charge < -0.3 is 31.3 Å². The molecule has 0 radical (unpaired) electrons. The van der Waals surface area contributed by atoms with E-state index in [1.807, 2.05) is 0 Å². The van der Waals surface area contributed by atoms with Gasteiger partial charge in [-0.05, 0) is 0 Å². The Kier molecular flexibility index (Phi) is 8.42. The van der Waals surface area contributed by atoms with Crippen LogP contribution in [0.4, 0.5) is 0 Å². The van der Waals surface area contributed by atoms with Gasteiger partial charge in [-0.25, -0.2) is 4.57 Å². The number of ether oxygens (including phenoxy) is 2. The molecule has 9 heteroatoms. The van der Waals surface area contributed by atoms with Crippen molar-refractivity contribution >= 4 is 13.8 Å². The van der Waals surface area contributed by atoms with Gasteiger partial charge in [0.15, 0.2) is 0 Å². The molecule has 8 nitrogen and oxygen atoms in total. The number of unbranched alkanes of at least 4 members (excludes halogenated alkanes) is 1. The second-order valence-corrected chi connectivity index (χ2v) is 4.78.